The summed E-state index contributed by atoms with van der Waals surface area (Å²) in [7, 11) is 0. The van der Waals surface area contributed by atoms with E-state index in [0.717, 1.165) is 11.8 Å². The Morgan fingerprint density at radius 2 is 1.86 bits per heavy atom. The van der Waals surface area contributed by atoms with Gasteiger partial charge in [0.25, 0.3) is 0 Å². The van der Waals surface area contributed by atoms with Crippen LogP contribution >= 0.6 is 15.9 Å². The van der Waals surface area contributed by atoms with Crippen LogP contribution in [0.15, 0.2) is 22.7 Å². The Kier molecular flexibility index (Phi) is 4.60. The fraction of sp³-hybridized carbons (Fsp3) is 0.667. The number of nitrogens with zero attached hydrogens (tertiary/aromatic N) is 1. The minimum Gasteiger partial charge on any atom is -0.381 e. The molecule has 2 fully saturated rings. The van der Waals surface area contributed by atoms with E-state index < -0.39 is 0 Å². The van der Waals surface area contributed by atoms with Crippen molar-refractivity contribution in [1.82, 2.24) is 4.90 Å². The Morgan fingerprint density at radius 1 is 1.19 bits per heavy atom. The average Bonchev–Trinajstić information content (AvgIpc) is 2.41. The number of anilines is 1. The molecule has 0 spiro atoms. The molecule has 2 unspecified atom stereocenters. The molecule has 1 aromatic rings. The number of likely N-dealkylation sites (tertiary alicyclic amines) is 1. The summed E-state index contributed by atoms with van der Waals surface area (Å²) in [5.41, 5.74) is 2.57. The zero-order chi connectivity index (χ0) is 15.0. The van der Waals surface area contributed by atoms with Crippen LogP contribution in [0, 0.1) is 18.8 Å². The number of hydrogen-bond donors (Lipinski definition) is 1. The molecule has 1 aliphatic heterocycles. The maximum Gasteiger partial charge on any atom is 0.0487 e. The Balaban J connectivity index is 1.76. The smallest absolute Gasteiger partial charge is 0.0487 e. The zero-order valence-electron chi connectivity index (χ0n) is 13.4. The quantitative estimate of drug-likeness (QED) is 0.851. The number of fused-ring (bicyclic) bond motifs is 2. The van der Waals surface area contributed by atoms with Gasteiger partial charge < -0.3 is 10.2 Å². The summed E-state index contributed by atoms with van der Waals surface area (Å²) in [6.45, 7) is 9.33. The van der Waals surface area contributed by atoms with E-state index >= 15 is 0 Å². The highest BCUT2D eigenvalue weighted by atomic mass is 79.9. The minimum atomic E-state index is 0.646. The Hall–Kier alpha value is -0.540. The summed E-state index contributed by atoms with van der Waals surface area (Å²) >= 11 is 3.72. The number of nitrogens with one attached hydrogen (secondary N) is 1. The first-order valence-corrected chi connectivity index (χ1v) is 9.10. The van der Waals surface area contributed by atoms with Crippen LogP contribution in [0.3, 0.4) is 0 Å². The van der Waals surface area contributed by atoms with Crippen molar-refractivity contribution in [1.29, 1.82) is 0 Å². The van der Waals surface area contributed by atoms with Crippen LogP contribution < -0.4 is 5.32 Å². The molecule has 1 N–H and O–H groups in total. The molecule has 2 aliphatic rings. The van der Waals surface area contributed by atoms with Gasteiger partial charge in [-0.3, -0.25) is 0 Å². The maximum atomic E-state index is 3.86. The van der Waals surface area contributed by atoms with Gasteiger partial charge in [-0.2, -0.15) is 0 Å². The molecular formula is C18H27BrN2. The predicted octanol–water partition coefficient (Wildman–Crippen LogP) is 4.68. The second kappa shape index (κ2) is 6.29. The van der Waals surface area contributed by atoms with Crippen LogP contribution in [0.1, 0.15) is 38.7 Å². The molecule has 1 saturated heterocycles. The fourth-order valence-electron chi connectivity index (χ4n) is 4.05. The van der Waals surface area contributed by atoms with Crippen molar-refractivity contribution in [3.8, 4) is 0 Å². The molecule has 3 rings (SSSR count). The first kappa shape index (κ1) is 15.4. The third-order valence-corrected chi connectivity index (χ3v) is 5.94. The number of piperidine rings is 1. The van der Waals surface area contributed by atoms with Crippen molar-refractivity contribution in [2.45, 2.75) is 52.1 Å². The molecule has 2 nitrogen and oxygen atoms in total. The largest absolute Gasteiger partial charge is 0.381 e. The van der Waals surface area contributed by atoms with E-state index in [2.05, 4.69) is 65.1 Å². The van der Waals surface area contributed by atoms with Gasteiger partial charge in [0.1, 0.15) is 0 Å². The third-order valence-electron chi connectivity index (χ3n) is 5.28. The van der Waals surface area contributed by atoms with Gasteiger partial charge in [0.15, 0.2) is 0 Å². The summed E-state index contributed by atoms with van der Waals surface area (Å²) in [5, 5.41) is 3.86. The van der Waals surface area contributed by atoms with Crippen LogP contribution in [0.5, 0.6) is 0 Å². The van der Waals surface area contributed by atoms with Crippen LogP contribution in [-0.4, -0.2) is 30.1 Å². The SMILES string of the molecule is Cc1ccc(NC2C3CCCC2CN(C(C)C)C3)c(Br)c1. The van der Waals surface area contributed by atoms with Crippen molar-refractivity contribution >= 4 is 21.6 Å². The Labute approximate surface area is 137 Å². The summed E-state index contributed by atoms with van der Waals surface area (Å²) in [6, 6.07) is 7.96. The lowest BCUT2D eigenvalue weighted by atomic mass is 9.73. The third kappa shape index (κ3) is 3.29. The fourth-order valence-corrected chi connectivity index (χ4v) is 4.65. The lowest BCUT2D eigenvalue weighted by Gasteiger charge is -2.49. The van der Waals surface area contributed by atoms with Crippen molar-refractivity contribution in [3.63, 3.8) is 0 Å². The molecule has 1 aliphatic carbocycles. The van der Waals surface area contributed by atoms with Crippen molar-refractivity contribution in [2.75, 3.05) is 18.4 Å². The van der Waals surface area contributed by atoms with E-state index in [9.17, 15) is 0 Å². The molecule has 0 aromatic heterocycles. The molecule has 116 valence electrons. The van der Waals surface area contributed by atoms with Gasteiger partial charge in [0, 0.05) is 35.3 Å². The summed E-state index contributed by atoms with van der Waals surface area (Å²) < 4.78 is 1.20. The van der Waals surface area contributed by atoms with Gasteiger partial charge in [0.2, 0.25) is 0 Å². The van der Waals surface area contributed by atoms with Gasteiger partial charge in [-0.15, -0.1) is 0 Å². The molecule has 21 heavy (non-hydrogen) atoms. The van der Waals surface area contributed by atoms with E-state index in [0.29, 0.717) is 12.1 Å². The monoisotopic (exact) mass is 350 g/mol. The maximum absolute atomic E-state index is 3.86. The van der Waals surface area contributed by atoms with E-state index in [1.807, 2.05) is 0 Å². The van der Waals surface area contributed by atoms with Crippen LogP contribution in [-0.2, 0) is 0 Å². The number of halogens is 1. The van der Waals surface area contributed by atoms with Gasteiger partial charge in [-0.1, -0.05) is 12.5 Å². The molecule has 1 saturated carbocycles. The lowest BCUT2D eigenvalue weighted by Crippen LogP contribution is -2.56. The minimum absolute atomic E-state index is 0.646. The standard InChI is InChI=1S/C18H27BrN2/c1-12(2)21-10-14-5-4-6-15(11-21)18(14)20-17-8-7-13(3)9-16(17)19/h7-9,12,14-15,18,20H,4-6,10-11H2,1-3H3. The van der Waals surface area contributed by atoms with Crippen LogP contribution in [0.2, 0.25) is 0 Å². The van der Waals surface area contributed by atoms with E-state index in [4.69, 9.17) is 0 Å². The van der Waals surface area contributed by atoms with E-state index in [1.54, 1.807) is 0 Å². The molecule has 1 aromatic carbocycles. The number of benzene rings is 1. The van der Waals surface area contributed by atoms with Gasteiger partial charge in [-0.25, -0.2) is 0 Å². The first-order chi connectivity index (χ1) is 10.0. The second-order valence-corrected chi connectivity index (χ2v) is 8.01. The average molecular weight is 351 g/mol. The summed E-state index contributed by atoms with van der Waals surface area (Å²) in [5.74, 6) is 1.60. The lowest BCUT2D eigenvalue weighted by molar-refractivity contribution is 0.0518. The summed E-state index contributed by atoms with van der Waals surface area (Å²) in [6.07, 6.45) is 4.16. The molecule has 2 bridgehead atoms. The van der Waals surface area contributed by atoms with Crippen LogP contribution in [0.4, 0.5) is 5.69 Å². The van der Waals surface area contributed by atoms with Gasteiger partial charge in [0.05, 0.1) is 0 Å². The number of aryl methyl sites for hydroxylation is 1. The van der Waals surface area contributed by atoms with E-state index in [-0.39, 0.29) is 0 Å². The van der Waals surface area contributed by atoms with Crippen molar-refractivity contribution < 1.29 is 0 Å². The number of hydrogen-bond acceptors (Lipinski definition) is 2. The highest BCUT2D eigenvalue weighted by molar-refractivity contribution is 9.10. The molecule has 0 radical (unpaired) electrons. The van der Waals surface area contributed by atoms with Gasteiger partial charge in [-0.05, 0) is 79.1 Å². The molecular weight excluding hydrogens is 324 g/mol. The topological polar surface area (TPSA) is 15.3 Å². The highest BCUT2D eigenvalue weighted by Crippen LogP contribution is 2.38. The van der Waals surface area contributed by atoms with Gasteiger partial charge >= 0.3 is 0 Å². The Morgan fingerprint density at radius 3 is 2.43 bits per heavy atom. The normalized spacial score (nSPS) is 29.7. The first-order valence-electron chi connectivity index (χ1n) is 8.31. The van der Waals surface area contributed by atoms with Crippen molar-refractivity contribution in [2.24, 2.45) is 11.8 Å². The highest BCUT2D eigenvalue weighted by Gasteiger charge is 2.40. The number of rotatable bonds is 3. The summed E-state index contributed by atoms with van der Waals surface area (Å²) in [4.78, 5) is 2.68. The van der Waals surface area contributed by atoms with Crippen LogP contribution in [0.25, 0.3) is 0 Å². The van der Waals surface area contributed by atoms with E-state index in [1.165, 1.54) is 48.1 Å². The predicted molar refractivity (Wildman–Crippen MR) is 93.8 cm³/mol. The molecule has 3 heteroatoms. The molecule has 1 heterocycles. The molecule has 0 amide bonds. The second-order valence-electron chi connectivity index (χ2n) is 7.15. The Bertz CT molecular complexity index is 486. The zero-order valence-corrected chi connectivity index (χ0v) is 15.0. The molecule has 2 atom stereocenters. The van der Waals surface area contributed by atoms with Crippen molar-refractivity contribution in [3.05, 3.63) is 28.2 Å².